The lowest BCUT2D eigenvalue weighted by molar-refractivity contribution is -0.393. The molecule has 0 heterocycles. The van der Waals surface area contributed by atoms with Crippen molar-refractivity contribution in [3.05, 3.63) is 68.3 Å². The minimum absolute atomic E-state index is 0.0227. The molecule has 2 rings (SSSR count). The number of rotatable bonds is 34. The molecule has 6 atom stereocenters. The van der Waals surface area contributed by atoms with E-state index in [-0.39, 0.29) is 72.8 Å². The Morgan fingerprint density at radius 2 is 1.30 bits per heavy atom. The number of nitrogens with zero attached hydrogens (tertiary/aromatic N) is 4. The number of nitrogens with one attached hydrogen (secondary N) is 7. The van der Waals surface area contributed by atoms with E-state index >= 15 is 0 Å². The SMILES string of the molecule is [2H]N(C(=O)[C@H](CCCN=C(N)N)NC(=O)[C@H](C)N([2H])C(=O)[C@H](CNc1ccc([N+](=O)[O-])cc1[N+](=O)[O-])NC(=O)[C@H](CSCc1ccc(OC)cc1)NC(=O)CN)[C@H](CCC(=O)O)C(=O)N[C@@H](CCCN=C(N)N)C(N)=O. The highest BCUT2D eigenvalue weighted by atomic mass is 32.2. The molecule has 31 nitrogen and oxygen atoms in total. The van der Waals surface area contributed by atoms with E-state index in [1.54, 1.807) is 24.3 Å². The van der Waals surface area contributed by atoms with Crippen molar-refractivity contribution in [3.8, 4) is 5.75 Å². The van der Waals surface area contributed by atoms with Crippen molar-refractivity contribution < 1.29 is 60.9 Å². The molecule has 406 valence electrons. The van der Waals surface area contributed by atoms with E-state index in [4.69, 9.17) is 42.0 Å². The van der Waals surface area contributed by atoms with Crippen LogP contribution in [-0.2, 0) is 44.1 Å². The number of carboxylic acid groups (broad SMARTS) is 1. The van der Waals surface area contributed by atoms with Crippen LogP contribution in [0.25, 0.3) is 0 Å². The highest BCUT2D eigenvalue weighted by molar-refractivity contribution is 7.98. The van der Waals surface area contributed by atoms with Gasteiger partial charge in [-0.15, -0.1) is 0 Å². The summed E-state index contributed by atoms with van der Waals surface area (Å²) < 4.78 is 22.7. The fraction of sp³-hybridized carbons (Fsp3) is 0.476. The normalized spacial score (nSPS) is 13.4. The number of ether oxygens (including phenoxy) is 1. The molecule has 0 bridgehead atoms. The van der Waals surface area contributed by atoms with Crippen LogP contribution in [0, 0.1) is 20.2 Å². The summed E-state index contributed by atoms with van der Waals surface area (Å²) in [6.07, 6.45) is -1.91. The number of methoxy groups -OCH3 is 1. The summed E-state index contributed by atoms with van der Waals surface area (Å²) in [4.78, 5) is 135. The number of guanidine groups is 2. The largest absolute Gasteiger partial charge is 0.497 e. The number of thioether (sulfide) groups is 1. The third-order valence-corrected chi connectivity index (χ3v) is 11.2. The molecule has 0 radical (unpaired) electrons. The van der Waals surface area contributed by atoms with Crippen molar-refractivity contribution in [3.63, 3.8) is 0 Å². The number of carbonyl (C=O) groups is 8. The fourth-order valence-electron chi connectivity index (χ4n) is 6.28. The zero-order valence-electron chi connectivity index (χ0n) is 42.3. The van der Waals surface area contributed by atoms with Gasteiger partial charge in [-0.05, 0) is 62.8 Å². The Hall–Kier alpha value is -8.55. The summed E-state index contributed by atoms with van der Waals surface area (Å²) in [5.74, 6) is -9.21. The average molecular weight is 1060 g/mol. The van der Waals surface area contributed by atoms with Gasteiger partial charge in [0.25, 0.3) is 11.4 Å². The van der Waals surface area contributed by atoms with E-state index in [1.807, 2.05) is 0 Å². The average Bonchev–Trinajstić information content (AvgIpc) is 3.37. The van der Waals surface area contributed by atoms with E-state index in [2.05, 4.69) is 36.6 Å². The zero-order chi connectivity index (χ0) is 57.2. The number of aliphatic carboxylic acids is 1. The first-order chi connectivity index (χ1) is 35.8. The van der Waals surface area contributed by atoms with Gasteiger partial charge in [0, 0.05) is 43.6 Å². The number of non-ortho nitro benzene ring substituents is 1. The van der Waals surface area contributed by atoms with Gasteiger partial charge in [-0.25, -0.2) is 0 Å². The molecule has 20 N–H and O–H groups in total. The van der Waals surface area contributed by atoms with Gasteiger partial charge < -0.3 is 81.4 Å². The van der Waals surface area contributed by atoms with Gasteiger partial charge in [0.1, 0.15) is 47.7 Å². The molecule has 7 amide bonds. The number of nitrogens with two attached hydrogens (primary N) is 6. The molecule has 0 unspecified atom stereocenters. The molecule has 0 saturated heterocycles. The Kier molecular flexibility index (Phi) is 24.9. The summed E-state index contributed by atoms with van der Waals surface area (Å²) in [6, 6.07) is -0.884. The Labute approximate surface area is 430 Å². The minimum atomic E-state index is -1.92. The van der Waals surface area contributed by atoms with E-state index in [0.29, 0.717) is 17.6 Å². The zero-order valence-corrected chi connectivity index (χ0v) is 41.1. The number of anilines is 1. The molecule has 0 aliphatic carbocycles. The molecule has 74 heavy (non-hydrogen) atoms. The van der Waals surface area contributed by atoms with E-state index in [9.17, 15) is 63.7 Å². The van der Waals surface area contributed by atoms with Crippen molar-refractivity contribution in [2.75, 3.05) is 44.4 Å². The first-order valence-electron chi connectivity index (χ1n) is 23.2. The van der Waals surface area contributed by atoms with Gasteiger partial charge in [-0.1, -0.05) is 12.1 Å². The number of aliphatic imine (C=N–C) groups is 2. The first kappa shape index (κ1) is 58.0. The lowest BCUT2D eigenvalue weighted by atomic mass is 10.1. The summed E-state index contributed by atoms with van der Waals surface area (Å²) in [5.41, 5.74) is 31.4. The summed E-state index contributed by atoms with van der Waals surface area (Å²) in [7, 11) is 1.49. The Balaban J connectivity index is 2.54. The van der Waals surface area contributed by atoms with Crippen LogP contribution in [0.1, 0.15) is 51.0 Å². The number of amides is 7. The Morgan fingerprint density at radius 3 is 1.84 bits per heavy atom. The van der Waals surface area contributed by atoms with Gasteiger partial charge in [0.15, 0.2) is 14.7 Å². The fourth-order valence-corrected chi connectivity index (χ4v) is 7.30. The molecule has 0 aliphatic heterocycles. The topological polar surface area (TPSA) is 517 Å². The molecular formula is C42H63N17O14S. The first-order valence-corrected chi connectivity index (χ1v) is 23.5. The maximum absolute atomic E-state index is 14.3. The monoisotopic (exact) mass is 1060 g/mol. The van der Waals surface area contributed by atoms with Gasteiger partial charge in [0.05, 0.1) is 29.6 Å². The van der Waals surface area contributed by atoms with E-state index in [0.717, 1.165) is 24.6 Å². The van der Waals surface area contributed by atoms with E-state index in [1.165, 1.54) is 18.9 Å². The lowest BCUT2D eigenvalue weighted by Gasteiger charge is -2.26. The Morgan fingerprint density at radius 1 is 0.730 bits per heavy atom. The maximum Gasteiger partial charge on any atom is 0.303 e. The van der Waals surface area contributed by atoms with Crippen LogP contribution in [0.2, 0.25) is 2.82 Å². The Bertz CT molecular complexity index is 2450. The molecule has 32 heteroatoms. The molecule has 0 aliphatic rings. The smallest absolute Gasteiger partial charge is 0.303 e. The van der Waals surface area contributed by atoms with Gasteiger partial charge in [0.2, 0.25) is 41.4 Å². The lowest BCUT2D eigenvalue weighted by Crippen LogP contribution is -2.60. The van der Waals surface area contributed by atoms with Crippen LogP contribution in [-0.4, -0.2) is 149 Å². The number of carboxylic acids is 1. The van der Waals surface area contributed by atoms with Crippen molar-refractivity contribution in [2.45, 2.75) is 87.5 Å². The number of benzene rings is 2. The van der Waals surface area contributed by atoms with Gasteiger partial charge in [-0.2, -0.15) is 11.8 Å². The number of hydrogen-bond donors (Lipinski definition) is 14. The standard InChI is InChI=1S/C42H63N17O14S/c1-22(36(64)55-28(6-4-16-50-42(47)48)37(65)56-29(13-14-34(61)62)38(66)54-27(35(44)63)5-3-15-49-41(45)46)52-39(67)30(19-51-26-12-9-24(58(69)70)17-32(26)59(71)72)57-40(68)31(53-33(60)18-43)21-74-20-23-7-10-25(73-2)11-8-23/h7-12,17,22,27-31,51H,3-6,13-16,18-21,43H2,1-2H3,(H2,44,63)(H,52,67)(H,53,60)(H,54,66)(H,55,64)(H,56,65)(H,57,68)(H,61,62)(H4,45,46,49)(H4,47,48,50)/t22-,27-,28-,29+,30-,31-/m0/s1/i/hD2. The third-order valence-electron chi connectivity index (χ3n) is 10.1. The van der Waals surface area contributed by atoms with Crippen LogP contribution >= 0.6 is 11.8 Å². The molecule has 2 aromatic carbocycles. The molecular weight excluding hydrogens is 999 g/mol. The van der Waals surface area contributed by atoms with Crippen LogP contribution in [0.4, 0.5) is 17.1 Å². The number of nitro benzene ring substituents is 2. The number of nitro groups is 2. The van der Waals surface area contributed by atoms with E-state index < -0.39 is 131 Å². The highest BCUT2D eigenvalue weighted by Crippen LogP contribution is 2.29. The predicted molar refractivity (Wildman–Crippen MR) is 270 cm³/mol. The summed E-state index contributed by atoms with van der Waals surface area (Å²) in [6.45, 7) is -0.438. The van der Waals surface area contributed by atoms with Crippen LogP contribution in [0.3, 0.4) is 0 Å². The van der Waals surface area contributed by atoms with Gasteiger partial charge in [-0.3, -0.25) is 68.6 Å². The second-order valence-electron chi connectivity index (χ2n) is 15.8. The second-order valence-corrected chi connectivity index (χ2v) is 16.9. The molecule has 2 aromatic rings. The predicted octanol–water partition coefficient (Wildman–Crippen LogP) is -3.80. The second kappa shape index (κ2) is 31.7. The van der Waals surface area contributed by atoms with Crippen LogP contribution < -0.4 is 76.3 Å². The quantitative estimate of drug-likeness (QED) is 0.0105. The molecule has 0 aromatic heterocycles. The molecule has 0 saturated carbocycles. The van der Waals surface area contributed by atoms with Crippen molar-refractivity contribution >= 4 is 88.1 Å². The van der Waals surface area contributed by atoms with Crippen molar-refractivity contribution in [1.29, 1.82) is 0 Å². The highest BCUT2D eigenvalue weighted by Gasteiger charge is 2.33. The van der Waals surface area contributed by atoms with Crippen molar-refractivity contribution in [1.82, 2.24) is 31.9 Å². The number of hydrogen-bond acceptors (Lipinski definition) is 18. The number of carbonyl (C=O) groups excluding carboxylic acids is 7. The van der Waals surface area contributed by atoms with Crippen LogP contribution in [0.15, 0.2) is 52.4 Å². The van der Waals surface area contributed by atoms with Gasteiger partial charge >= 0.3 is 5.97 Å². The summed E-state index contributed by atoms with van der Waals surface area (Å²) in [5, 5.41) is 45.0. The molecule has 0 spiro atoms. The van der Waals surface area contributed by atoms with Crippen LogP contribution in [0.5, 0.6) is 5.75 Å². The molecule has 0 fully saturated rings. The minimum Gasteiger partial charge on any atom is -0.497 e. The number of primary amides is 1. The third kappa shape index (κ3) is 22.7. The maximum atomic E-state index is 14.3. The van der Waals surface area contributed by atoms with Crippen molar-refractivity contribution in [2.24, 2.45) is 44.4 Å². The summed E-state index contributed by atoms with van der Waals surface area (Å²) >= 11 is 1.18.